The number of carbonyl (C=O) groups is 1. The minimum atomic E-state index is -0.000110. The van der Waals surface area contributed by atoms with E-state index >= 15 is 0 Å². The van der Waals surface area contributed by atoms with Crippen molar-refractivity contribution in [1.29, 1.82) is 0 Å². The van der Waals surface area contributed by atoms with Gasteiger partial charge in [0.25, 0.3) is 0 Å². The number of hydrogen-bond acceptors (Lipinski definition) is 5. The normalized spacial score (nSPS) is 17.5. The van der Waals surface area contributed by atoms with Crippen LogP contribution in [-0.4, -0.2) is 49.0 Å². The first kappa shape index (κ1) is 16.5. The van der Waals surface area contributed by atoms with Gasteiger partial charge in [-0.3, -0.25) is 9.89 Å². The van der Waals surface area contributed by atoms with E-state index in [-0.39, 0.29) is 11.9 Å². The third-order valence-electron chi connectivity index (χ3n) is 4.00. The topological polar surface area (TPSA) is 88.3 Å². The molecule has 0 radical (unpaired) electrons. The number of H-pyrrole nitrogens is 1. The molecule has 0 saturated carbocycles. The first-order chi connectivity index (χ1) is 11.8. The lowest BCUT2D eigenvalue weighted by molar-refractivity contribution is -0.122. The number of aromatic nitrogens is 2. The van der Waals surface area contributed by atoms with Crippen LogP contribution >= 0.6 is 0 Å². The fraction of sp³-hybridized carbons (Fsp3) is 0.412. The smallest absolute Gasteiger partial charge is 0.221 e. The number of morpholine rings is 1. The van der Waals surface area contributed by atoms with Gasteiger partial charge in [-0.1, -0.05) is 0 Å². The minimum Gasteiger partial charge on any atom is -0.497 e. The van der Waals surface area contributed by atoms with E-state index in [1.807, 2.05) is 24.3 Å². The van der Waals surface area contributed by atoms with Crippen molar-refractivity contribution >= 4 is 5.91 Å². The molecule has 3 N–H and O–H groups in total. The predicted molar refractivity (Wildman–Crippen MR) is 89.6 cm³/mol. The summed E-state index contributed by atoms with van der Waals surface area (Å²) in [6, 6.07) is 7.80. The largest absolute Gasteiger partial charge is 0.497 e. The molecular formula is C17H22N4O3. The highest BCUT2D eigenvalue weighted by atomic mass is 16.5. The van der Waals surface area contributed by atoms with E-state index in [0.717, 1.165) is 29.1 Å². The van der Waals surface area contributed by atoms with Gasteiger partial charge in [0.2, 0.25) is 5.91 Å². The minimum absolute atomic E-state index is 0.000110. The van der Waals surface area contributed by atoms with Crippen LogP contribution in [0.2, 0.25) is 0 Å². The van der Waals surface area contributed by atoms with Crippen molar-refractivity contribution in [2.24, 2.45) is 0 Å². The fourth-order valence-corrected chi connectivity index (χ4v) is 2.69. The zero-order valence-electron chi connectivity index (χ0n) is 13.7. The van der Waals surface area contributed by atoms with Crippen LogP contribution in [0.5, 0.6) is 5.75 Å². The molecule has 3 rings (SSSR count). The Balaban J connectivity index is 1.57. The number of aromatic amines is 1. The number of benzene rings is 1. The van der Waals surface area contributed by atoms with Gasteiger partial charge in [0.05, 0.1) is 32.2 Å². The van der Waals surface area contributed by atoms with Gasteiger partial charge < -0.3 is 20.1 Å². The van der Waals surface area contributed by atoms with Crippen LogP contribution in [0.15, 0.2) is 30.5 Å². The molecule has 128 valence electrons. The van der Waals surface area contributed by atoms with Gasteiger partial charge in [-0.2, -0.15) is 5.10 Å². The Bertz CT molecular complexity index is 663. The second-order valence-corrected chi connectivity index (χ2v) is 5.71. The summed E-state index contributed by atoms with van der Waals surface area (Å²) in [5.74, 6) is 0.801. The molecule has 2 aromatic rings. The monoisotopic (exact) mass is 330 g/mol. The molecule has 1 atom stereocenters. The number of carbonyl (C=O) groups excluding carboxylic acids is 1. The summed E-state index contributed by atoms with van der Waals surface area (Å²) < 4.78 is 10.5. The lowest BCUT2D eigenvalue weighted by Gasteiger charge is -2.23. The Labute approximate surface area is 140 Å². The van der Waals surface area contributed by atoms with Gasteiger partial charge in [-0.25, -0.2) is 0 Å². The lowest BCUT2D eigenvalue weighted by atomic mass is 10.1. The number of nitrogens with one attached hydrogen (secondary N) is 3. The van der Waals surface area contributed by atoms with Gasteiger partial charge in [0.15, 0.2) is 0 Å². The van der Waals surface area contributed by atoms with Gasteiger partial charge in [-0.15, -0.1) is 0 Å². The summed E-state index contributed by atoms with van der Waals surface area (Å²) in [6.45, 7) is 2.51. The molecule has 1 aliphatic rings. The first-order valence-electron chi connectivity index (χ1n) is 8.01. The average Bonchev–Trinajstić information content (AvgIpc) is 3.09. The number of nitrogens with zero attached hydrogens (tertiary/aromatic N) is 1. The van der Waals surface area contributed by atoms with Crippen molar-refractivity contribution in [3.63, 3.8) is 0 Å². The van der Waals surface area contributed by atoms with Crippen molar-refractivity contribution in [3.8, 4) is 17.0 Å². The Morgan fingerprint density at radius 3 is 2.96 bits per heavy atom. The van der Waals surface area contributed by atoms with E-state index in [1.54, 1.807) is 13.3 Å². The Morgan fingerprint density at radius 1 is 1.42 bits per heavy atom. The Morgan fingerprint density at radius 2 is 2.25 bits per heavy atom. The maximum atomic E-state index is 12.1. The van der Waals surface area contributed by atoms with E-state index in [1.165, 1.54) is 0 Å². The molecule has 7 nitrogen and oxygen atoms in total. The molecule has 0 aliphatic carbocycles. The fourth-order valence-electron chi connectivity index (χ4n) is 2.69. The summed E-state index contributed by atoms with van der Waals surface area (Å²) in [5.41, 5.74) is 2.85. The Hall–Kier alpha value is -2.38. The quantitative estimate of drug-likeness (QED) is 0.738. The average molecular weight is 330 g/mol. The number of rotatable bonds is 6. The lowest BCUT2D eigenvalue weighted by Crippen LogP contribution is -2.44. The van der Waals surface area contributed by atoms with Crippen LogP contribution < -0.4 is 15.4 Å². The molecule has 1 aromatic heterocycles. The Kier molecular flexibility index (Phi) is 5.45. The van der Waals surface area contributed by atoms with Crippen molar-refractivity contribution < 1.29 is 14.3 Å². The van der Waals surface area contributed by atoms with Crippen LogP contribution in [0.3, 0.4) is 0 Å². The third kappa shape index (κ3) is 4.12. The molecule has 1 aromatic carbocycles. The number of methoxy groups -OCH3 is 1. The maximum absolute atomic E-state index is 12.1. The van der Waals surface area contributed by atoms with Gasteiger partial charge in [0, 0.05) is 36.7 Å². The second kappa shape index (κ2) is 7.94. The molecule has 1 fully saturated rings. The molecule has 0 bridgehead atoms. The van der Waals surface area contributed by atoms with E-state index in [0.29, 0.717) is 26.2 Å². The first-order valence-corrected chi connectivity index (χ1v) is 8.01. The van der Waals surface area contributed by atoms with Crippen molar-refractivity contribution in [3.05, 3.63) is 36.0 Å². The molecule has 1 amide bonds. The van der Waals surface area contributed by atoms with E-state index < -0.39 is 0 Å². The summed E-state index contributed by atoms with van der Waals surface area (Å²) in [7, 11) is 1.64. The van der Waals surface area contributed by atoms with Crippen LogP contribution in [0.25, 0.3) is 11.3 Å². The van der Waals surface area contributed by atoms with Crippen LogP contribution in [0, 0.1) is 0 Å². The number of hydrogen-bond donors (Lipinski definition) is 3. The highest BCUT2D eigenvalue weighted by molar-refractivity contribution is 5.77. The third-order valence-corrected chi connectivity index (χ3v) is 4.00. The molecule has 2 heterocycles. The molecule has 1 saturated heterocycles. The molecule has 0 spiro atoms. The van der Waals surface area contributed by atoms with E-state index in [2.05, 4.69) is 20.8 Å². The zero-order chi connectivity index (χ0) is 16.8. The van der Waals surface area contributed by atoms with Gasteiger partial charge in [0.1, 0.15) is 5.75 Å². The summed E-state index contributed by atoms with van der Waals surface area (Å²) in [6.07, 6.45) is 2.15. The van der Waals surface area contributed by atoms with Crippen LogP contribution in [0.4, 0.5) is 0 Å². The summed E-state index contributed by atoms with van der Waals surface area (Å²) in [5, 5.41) is 13.3. The van der Waals surface area contributed by atoms with E-state index in [9.17, 15) is 4.79 Å². The maximum Gasteiger partial charge on any atom is 0.221 e. The molecule has 24 heavy (non-hydrogen) atoms. The summed E-state index contributed by atoms with van der Waals surface area (Å²) in [4.78, 5) is 12.1. The molecule has 1 aliphatic heterocycles. The number of amides is 1. The standard InChI is InChI=1S/C17H22N4O3/c1-23-15-4-2-12(3-5-15)17-13(10-20-21-17)9-19-16(22)8-14-11-24-7-6-18-14/h2-5,10,14,18H,6-9,11H2,1H3,(H,19,22)(H,20,21). The van der Waals surface area contributed by atoms with Crippen molar-refractivity contribution in [2.75, 3.05) is 26.9 Å². The summed E-state index contributed by atoms with van der Waals surface area (Å²) >= 11 is 0. The van der Waals surface area contributed by atoms with Crippen molar-refractivity contribution in [2.45, 2.75) is 19.0 Å². The van der Waals surface area contributed by atoms with Gasteiger partial charge >= 0.3 is 0 Å². The predicted octanol–water partition coefficient (Wildman–Crippen LogP) is 1.08. The second-order valence-electron chi connectivity index (χ2n) is 5.71. The van der Waals surface area contributed by atoms with E-state index in [4.69, 9.17) is 9.47 Å². The highest BCUT2D eigenvalue weighted by Gasteiger charge is 2.17. The van der Waals surface area contributed by atoms with Crippen LogP contribution in [-0.2, 0) is 16.1 Å². The number of ether oxygens (including phenoxy) is 2. The van der Waals surface area contributed by atoms with Crippen molar-refractivity contribution in [1.82, 2.24) is 20.8 Å². The molecular weight excluding hydrogens is 308 g/mol. The van der Waals surface area contributed by atoms with Crippen LogP contribution in [0.1, 0.15) is 12.0 Å². The van der Waals surface area contributed by atoms with Gasteiger partial charge in [-0.05, 0) is 24.3 Å². The highest BCUT2D eigenvalue weighted by Crippen LogP contribution is 2.23. The SMILES string of the molecule is COc1ccc(-c2[nH]ncc2CNC(=O)CC2COCCN2)cc1. The zero-order valence-corrected chi connectivity index (χ0v) is 13.7. The molecule has 1 unspecified atom stereocenters. The molecule has 7 heteroatoms.